The van der Waals surface area contributed by atoms with Gasteiger partial charge in [0.25, 0.3) is 5.56 Å². The van der Waals surface area contributed by atoms with Crippen LogP contribution < -0.4 is 5.56 Å². The summed E-state index contributed by atoms with van der Waals surface area (Å²) < 4.78 is 12.7. The molecule has 18 heavy (non-hydrogen) atoms. The number of hydrogen-bond acceptors (Lipinski definition) is 6. The molecule has 0 aliphatic rings. The molecule has 0 saturated carbocycles. The van der Waals surface area contributed by atoms with Gasteiger partial charge in [0.1, 0.15) is 5.52 Å². The molecule has 0 amide bonds. The Balaban J connectivity index is 2.42. The molecule has 0 fully saturated rings. The minimum atomic E-state index is -0.431. The first-order valence-electron chi connectivity index (χ1n) is 5.07. The van der Waals surface area contributed by atoms with Crippen LogP contribution in [0.15, 0.2) is 23.0 Å². The summed E-state index contributed by atoms with van der Waals surface area (Å²) in [5.41, 5.74) is 1.54. The highest BCUT2D eigenvalue weighted by Crippen LogP contribution is 2.21. The van der Waals surface area contributed by atoms with Crippen molar-refractivity contribution in [2.45, 2.75) is 0 Å². The SMILES string of the molecule is COC(=O)c1ccc2[nH]c(=O)c3nsnc3c2c1. The van der Waals surface area contributed by atoms with Crippen LogP contribution in [-0.2, 0) is 4.74 Å². The summed E-state index contributed by atoms with van der Waals surface area (Å²) in [5, 5.41) is 0.682. The highest BCUT2D eigenvalue weighted by atomic mass is 32.1. The number of H-pyrrole nitrogens is 1. The van der Waals surface area contributed by atoms with E-state index in [-0.39, 0.29) is 11.1 Å². The van der Waals surface area contributed by atoms with Gasteiger partial charge in [0.05, 0.1) is 29.9 Å². The van der Waals surface area contributed by atoms with E-state index in [1.807, 2.05) is 0 Å². The predicted octanol–water partition coefficient (Wildman–Crippen LogP) is 1.32. The molecule has 90 valence electrons. The Hall–Kier alpha value is -2.28. The lowest BCUT2D eigenvalue weighted by molar-refractivity contribution is 0.0601. The van der Waals surface area contributed by atoms with Crippen molar-refractivity contribution in [3.05, 3.63) is 34.1 Å². The van der Waals surface area contributed by atoms with Gasteiger partial charge >= 0.3 is 5.97 Å². The first-order valence-corrected chi connectivity index (χ1v) is 5.80. The van der Waals surface area contributed by atoms with Crippen molar-refractivity contribution in [1.82, 2.24) is 13.7 Å². The topological polar surface area (TPSA) is 84.9 Å². The molecule has 0 unspecified atom stereocenters. The van der Waals surface area contributed by atoms with Gasteiger partial charge in [-0.05, 0) is 18.2 Å². The molecular weight excluding hydrogens is 254 g/mol. The highest BCUT2D eigenvalue weighted by molar-refractivity contribution is 7.00. The van der Waals surface area contributed by atoms with Crippen LogP contribution in [0.25, 0.3) is 21.9 Å². The zero-order chi connectivity index (χ0) is 12.7. The summed E-state index contributed by atoms with van der Waals surface area (Å²) in [5.74, 6) is -0.431. The monoisotopic (exact) mass is 261 g/mol. The van der Waals surface area contributed by atoms with Crippen molar-refractivity contribution < 1.29 is 9.53 Å². The summed E-state index contributed by atoms with van der Waals surface area (Å²) in [6.07, 6.45) is 0. The first-order chi connectivity index (χ1) is 8.70. The molecule has 2 aromatic heterocycles. The number of nitrogens with one attached hydrogen (secondary N) is 1. The van der Waals surface area contributed by atoms with Gasteiger partial charge in [-0.15, -0.1) is 0 Å². The van der Waals surface area contributed by atoms with Crippen LogP contribution in [0.5, 0.6) is 0 Å². The third kappa shape index (κ3) is 1.48. The molecule has 7 heteroatoms. The normalized spacial score (nSPS) is 10.9. The molecule has 0 bridgehead atoms. The number of aromatic nitrogens is 3. The number of carbonyl (C=O) groups excluding carboxylic acids is 1. The van der Waals surface area contributed by atoms with Crippen LogP contribution in [0.2, 0.25) is 0 Å². The Labute approximate surface area is 105 Å². The van der Waals surface area contributed by atoms with E-state index in [9.17, 15) is 9.59 Å². The van der Waals surface area contributed by atoms with E-state index < -0.39 is 5.97 Å². The van der Waals surface area contributed by atoms with Crippen molar-refractivity contribution >= 4 is 39.6 Å². The van der Waals surface area contributed by atoms with Gasteiger partial charge in [-0.1, -0.05) is 0 Å². The van der Waals surface area contributed by atoms with Crippen molar-refractivity contribution in [1.29, 1.82) is 0 Å². The number of hydrogen-bond donors (Lipinski definition) is 1. The molecule has 1 N–H and O–H groups in total. The predicted molar refractivity (Wildman–Crippen MR) is 66.9 cm³/mol. The maximum Gasteiger partial charge on any atom is 0.337 e. The summed E-state index contributed by atoms with van der Waals surface area (Å²) >= 11 is 0.966. The fourth-order valence-electron chi connectivity index (χ4n) is 1.79. The lowest BCUT2D eigenvalue weighted by Gasteiger charge is -2.02. The Kier molecular flexibility index (Phi) is 2.34. The molecule has 0 aliphatic heterocycles. The Morgan fingerprint density at radius 2 is 2.11 bits per heavy atom. The zero-order valence-electron chi connectivity index (χ0n) is 9.26. The largest absolute Gasteiger partial charge is 0.465 e. The smallest absolute Gasteiger partial charge is 0.337 e. The second-order valence-electron chi connectivity index (χ2n) is 3.67. The maximum absolute atomic E-state index is 11.7. The molecule has 0 saturated heterocycles. The lowest BCUT2D eigenvalue weighted by Crippen LogP contribution is -2.07. The minimum absolute atomic E-state index is 0.280. The van der Waals surface area contributed by atoms with E-state index in [0.717, 1.165) is 11.7 Å². The number of methoxy groups -OCH3 is 1. The van der Waals surface area contributed by atoms with Crippen LogP contribution in [0, 0.1) is 0 Å². The number of carbonyl (C=O) groups is 1. The Morgan fingerprint density at radius 1 is 1.33 bits per heavy atom. The van der Waals surface area contributed by atoms with E-state index in [2.05, 4.69) is 18.5 Å². The molecular formula is C11H7N3O3S. The average molecular weight is 261 g/mol. The molecule has 1 aromatic carbocycles. The summed E-state index contributed by atoms with van der Waals surface area (Å²) in [7, 11) is 1.32. The van der Waals surface area contributed by atoms with Gasteiger partial charge in [-0.2, -0.15) is 8.75 Å². The van der Waals surface area contributed by atoms with Crippen molar-refractivity contribution in [3.63, 3.8) is 0 Å². The van der Waals surface area contributed by atoms with Crippen molar-refractivity contribution in [2.24, 2.45) is 0 Å². The van der Waals surface area contributed by atoms with Gasteiger partial charge in [0, 0.05) is 5.39 Å². The molecule has 0 atom stereocenters. The summed E-state index contributed by atoms with van der Waals surface area (Å²) in [4.78, 5) is 25.9. The molecule has 3 rings (SSSR count). The molecule has 2 heterocycles. The van der Waals surface area contributed by atoms with Crippen molar-refractivity contribution in [3.8, 4) is 0 Å². The third-order valence-corrected chi connectivity index (χ3v) is 3.18. The lowest BCUT2D eigenvalue weighted by atomic mass is 10.1. The number of pyridine rings is 1. The standard InChI is InChI=1S/C11H7N3O3S/c1-17-11(16)5-2-3-7-6(4-5)8-9(10(15)12-7)14-18-13-8/h2-4H,1H3,(H,12,15). The van der Waals surface area contributed by atoms with Crippen molar-refractivity contribution in [2.75, 3.05) is 7.11 Å². The highest BCUT2D eigenvalue weighted by Gasteiger charge is 2.12. The van der Waals surface area contributed by atoms with Gasteiger partial charge in [-0.25, -0.2) is 4.79 Å². The van der Waals surface area contributed by atoms with Gasteiger partial charge < -0.3 is 9.72 Å². The van der Waals surface area contributed by atoms with Gasteiger partial charge in [0.15, 0.2) is 5.52 Å². The average Bonchev–Trinajstić information content (AvgIpc) is 2.88. The van der Waals surface area contributed by atoms with Gasteiger partial charge in [0.2, 0.25) is 0 Å². The quantitative estimate of drug-likeness (QED) is 0.668. The van der Waals surface area contributed by atoms with Crippen LogP contribution in [-0.4, -0.2) is 26.8 Å². The second-order valence-corrected chi connectivity index (χ2v) is 4.20. The van der Waals surface area contributed by atoms with Crippen LogP contribution in [0.3, 0.4) is 0 Å². The van der Waals surface area contributed by atoms with E-state index in [0.29, 0.717) is 22.0 Å². The number of benzene rings is 1. The van der Waals surface area contributed by atoms with Crippen LogP contribution >= 0.6 is 11.7 Å². The van der Waals surface area contributed by atoms with Gasteiger partial charge in [-0.3, -0.25) is 4.79 Å². The molecule has 0 aliphatic carbocycles. The number of ether oxygens (including phenoxy) is 1. The second kappa shape index (κ2) is 3.88. The number of nitrogens with zero attached hydrogens (tertiary/aromatic N) is 2. The molecule has 3 aromatic rings. The summed E-state index contributed by atoms with van der Waals surface area (Å²) in [6.45, 7) is 0. The zero-order valence-corrected chi connectivity index (χ0v) is 10.1. The van der Waals surface area contributed by atoms with E-state index in [1.165, 1.54) is 7.11 Å². The Morgan fingerprint density at radius 3 is 2.89 bits per heavy atom. The molecule has 6 nitrogen and oxygen atoms in total. The minimum Gasteiger partial charge on any atom is -0.465 e. The van der Waals surface area contributed by atoms with Crippen LogP contribution in [0.4, 0.5) is 0 Å². The number of aromatic amines is 1. The van der Waals surface area contributed by atoms with Crippen LogP contribution in [0.1, 0.15) is 10.4 Å². The molecule has 0 spiro atoms. The summed E-state index contributed by atoms with van der Waals surface area (Å²) in [6, 6.07) is 4.89. The fraction of sp³-hybridized carbons (Fsp3) is 0.0909. The van der Waals surface area contributed by atoms with E-state index in [1.54, 1.807) is 18.2 Å². The molecule has 0 radical (unpaired) electrons. The maximum atomic E-state index is 11.7. The number of fused-ring (bicyclic) bond motifs is 3. The fourth-order valence-corrected chi connectivity index (χ4v) is 2.35. The van der Waals surface area contributed by atoms with E-state index >= 15 is 0 Å². The number of rotatable bonds is 1. The Bertz CT molecular complexity index is 821. The first kappa shape index (κ1) is 10.8. The third-order valence-electron chi connectivity index (χ3n) is 2.65. The van der Waals surface area contributed by atoms with E-state index in [4.69, 9.17) is 0 Å². The number of esters is 1.